The SMILES string of the molecule is COC(=O)c1cc(/C=C2/SC(=O)N(Cc3ccc(Cl)c(Cl)c3)C2=O)ccc1OC. The normalized spacial score (nSPS) is 15.2. The highest BCUT2D eigenvalue weighted by Gasteiger charge is 2.35. The van der Waals surface area contributed by atoms with Crippen LogP contribution in [0.3, 0.4) is 0 Å². The van der Waals surface area contributed by atoms with E-state index >= 15 is 0 Å². The lowest BCUT2D eigenvalue weighted by Crippen LogP contribution is -2.27. The van der Waals surface area contributed by atoms with Crippen molar-refractivity contribution in [1.82, 2.24) is 4.90 Å². The topological polar surface area (TPSA) is 72.9 Å². The molecule has 0 aliphatic carbocycles. The average Bonchev–Trinajstić information content (AvgIpc) is 2.97. The Morgan fingerprint density at radius 1 is 1.10 bits per heavy atom. The number of rotatable bonds is 5. The molecule has 1 saturated heterocycles. The number of esters is 1. The molecule has 1 heterocycles. The van der Waals surface area contributed by atoms with E-state index < -0.39 is 17.1 Å². The van der Waals surface area contributed by atoms with E-state index in [2.05, 4.69) is 0 Å². The van der Waals surface area contributed by atoms with Crippen molar-refractivity contribution >= 4 is 58.2 Å². The molecule has 0 atom stereocenters. The quantitative estimate of drug-likeness (QED) is 0.468. The van der Waals surface area contributed by atoms with Crippen LogP contribution >= 0.6 is 35.0 Å². The highest BCUT2D eigenvalue weighted by atomic mass is 35.5. The highest BCUT2D eigenvalue weighted by molar-refractivity contribution is 8.18. The van der Waals surface area contributed by atoms with Crippen molar-refractivity contribution < 1.29 is 23.9 Å². The number of thioether (sulfide) groups is 1. The number of methoxy groups -OCH3 is 2. The largest absolute Gasteiger partial charge is 0.496 e. The Balaban J connectivity index is 1.86. The first-order valence-corrected chi connectivity index (χ1v) is 9.87. The number of amides is 2. The van der Waals surface area contributed by atoms with Crippen LogP contribution in [0.4, 0.5) is 4.79 Å². The van der Waals surface area contributed by atoms with Crippen molar-refractivity contribution in [2.75, 3.05) is 14.2 Å². The molecule has 9 heteroatoms. The van der Waals surface area contributed by atoms with E-state index in [-0.39, 0.29) is 17.0 Å². The lowest BCUT2D eigenvalue weighted by Gasteiger charge is -2.13. The van der Waals surface area contributed by atoms with E-state index in [0.29, 0.717) is 26.9 Å². The van der Waals surface area contributed by atoms with Crippen LogP contribution in [0.25, 0.3) is 6.08 Å². The number of benzene rings is 2. The smallest absolute Gasteiger partial charge is 0.341 e. The standard InChI is InChI=1S/C20H15Cl2NO5S/c1-27-16-6-4-11(7-13(16)19(25)28-2)9-17-18(24)23(20(26)29-17)10-12-3-5-14(21)15(22)8-12/h3-9H,10H2,1-2H3/b17-9+. The molecule has 150 valence electrons. The third-order valence-electron chi connectivity index (χ3n) is 4.12. The number of hydrogen-bond acceptors (Lipinski definition) is 6. The van der Waals surface area contributed by atoms with Crippen LogP contribution in [-0.4, -0.2) is 36.2 Å². The van der Waals surface area contributed by atoms with E-state index in [0.717, 1.165) is 16.7 Å². The van der Waals surface area contributed by atoms with Gasteiger partial charge in [-0.2, -0.15) is 0 Å². The molecular formula is C20H15Cl2NO5S. The molecule has 0 bridgehead atoms. The van der Waals surface area contributed by atoms with E-state index in [1.165, 1.54) is 20.3 Å². The molecular weight excluding hydrogens is 437 g/mol. The summed E-state index contributed by atoms with van der Waals surface area (Å²) in [6.45, 7) is 0.0783. The van der Waals surface area contributed by atoms with Gasteiger partial charge in [-0.05, 0) is 53.2 Å². The molecule has 2 aromatic carbocycles. The first kappa shape index (κ1) is 21.2. The summed E-state index contributed by atoms with van der Waals surface area (Å²) in [6, 6.07) is 9.74. The number of carbonyl (C=O) groups excluding carboxylic acids is 3. The maximum Gasteiger partial charge on any atom is 0.341 e. The fraction of sp³-hybridized carbons (Fsp3) is 0.150. The lowest BCUT2D eigenvalue weighted by molar-refractivity contribution is -0.123. The molecule has 3 rings (SSSR count). The molecule has 0 aromatic heterocycles. The Morgan fingerprint density at radius 2 is 1.86 bits per heavy atom. The highest BCUT2D eigenvalue weighted by Crippen LogP contribution is 2.34. The molecule has 1 aliphatic heterocycles. The Morgan fingerprint density at radius 3 is 2.52 bits per heavy atom. The lowest BCUT2D eigenvalue weighted by atomic mass is 10.1. The van der Waals surface area contributed by atoms with E-state index in [1.807, 2.05) is 0 Å². The fourth-order valence-corrected chi connectivity index (χ4v) is 3.85. The summed E-state index contributed by atoms with van der Waals surface area (Å²) >= 11 is 12.7. The molecule has 0 spiro atoms. The van der Waals surface area contributed by atoms with Gasteiger partial charge < -0.3 is 9.47 Å². The van der Waals surface area contributed by atoms with Crippen LogP contribution in [0, 0.1) is 0 Å². The monoisotopic (exact) mass is 451 g/mol. The average molecular weight is 452 g/mol. The van der Waals surface area contributed by atoms with Crippen molar-refractivity contribution in [3.8, 4) is 5.75 Å². The second-order valence-corrected chi connectivity index (χ2v) is 7.78. The van der Waals surface area contributed by atoms with Gasteiger partial charge in [0.1, 0.15) is 11.3 Å². The van der Waals surface area contributed by atoms with Gasteiger partial charge >= 0.3 is 5.97 Å². The Hall–Kier alpha value is -2.48. The van der Waals surface area contributed by atoms with Gasteiger partial charge in [0.05, 0.1) is 35.7 Å². The Kier molecular flexibility index (Phi) is 6.52. The van der Waals surface area contributed by atoms with Crippen LogP contribution in [-0.2, 0) is 16.1 Å². The minimum atomic E-state index is -0.565. The van der Waals surface area contributed by atoms with Crippen LogP contribution < -0.4 is 4.74 Å². The van der Waals surface area contributed by atoms with E-state index in [4.69, 9.17) is 32.7 Å². The summed E-state index contributed by atoms with van der Waals surface area (Å²) in [4.78, 5) is 38.4. The molecule has 6 nitrogen and oxygen atoms in total. The van der Waals surface area contributed by atoms with Crippen LogP contribution in [0.15, 0.2) is 41.3 Å². The fourth-order valence-electron chi connectivity index (χ4n) is 2.69. The van der Waals surface area contributed by atoms with E-state index in [1.54, 1.807) is 36.4 Å². The van der Waals surface area contributed by atoms with Crippen molar-refractivity contribution in [1.29, 1.82) is 0 Å². The molecule has 0 N–H and O–H groups in total. The van der Waals surface area contributed by atoms with Gasteiger partial charge in [-0.15, -0.1) is 0 Å². The van der Waals surface area contributed by atoms with E-state index in [9.17, 15) is 14.4 Å². The molecule has 2 aromatic rings. The maximum atomic E-state index is 12.7. The molecule has 1 fully saturated rings. The minimum absolute atomic E-state index is 0.0783. The van der Waals surface area contributed by atoms with Gasteiger partial charge in [0.2, 0.25) is 0 Å². The molecule has 0 saturated carbocycles. The van der Waals surface area contributed by atoms with Gasteiger partial charge in [-0.1, -0.05) is 35.3 Å². The van der Waals surface area contributed by atoms with Gasteiger partial charge in [-0.25, -0.2) is 4.79 Å². The molecule has 0 radical (unpaired) electrons. The minimum Gasteiger partial charge on any atom is -0.496 e. The summed E-state index contributed by atoms with van der Waals surface area (Å²) in [5.41, 5.74) is 1.46. The maximum absolute atomic E-state index is 12.7. The first-order chi connectivity index (χ1) is 13.8. The Labute approximate surface area is 181 Å². The van der Waals surface area contributed by atoms with Gasteiger partial charge in [-0.3, -0.25) is 14.5 Å². The third-order valence-corrected chi connectivity index (χ3v) is 5.77. The van der Waals surface area contributed by atoms with Crippen LogP contribution in [0.2, 0.25) is 10.0 Å². The summed E-state index contributed by atoms with van der Waals surface area (Å²) in [5.74, 6) is -0.645. The van der Waals surface area contributed by atoms with Gasteiger partial charge in [0.15, 0.2) is 0 Å². The van der Waals surface area contributed by atoms with Gasteiger partial charge in [0, 0.05) is 0 Å². The summed E-state index contributed by atoms with van der Waals surface area (Å²) in [6.07, 6.45) is 1.55. The molecule has 29 heavy (non-hydrogen) atoms. The molecule has 2 amide bonds. The van der Waals surface area contributed by atoms with Crippen molar-refractivity contribution in [2.45, 2.75) is 6.54 Å². The number of nitrogens with zero attached hydrogens (tertiary/aromatic N) is 1. The predicted octanol–water partition coefficient (Wildman–Crippen LogP) is 5.03. The zero-order valence-electron chi connectivity index (χ0n) is 15.4. The number of halogens is 2. The predicted molar refractivity (Wildman–Crippen MR) is 112 cm³/mol. The van der Waals surface area contributed by atoms with Crippen LogP contribution in [0.5, 0.6) is 5.75 Å². The van der Waals surface area contributed by atoms with Crippen molar-refractivity contribution in [3.05, 3.63) is 68.0 Å². The first-order valence-electron chi connectivity index (χ1n) is 8.29. The molecule has 1 aliphatic rings. The zero-order valence-corrected chi connectivity index (χ0v) is 17.7. The number of carbonyl (C=O) groups is 3. The van der Waals surface area contributed by atoms with Crippen molar-refractivity contribution in [2.24, 2.45) is 0 Å². The Bertz CT molecular complexity index is 1040. The second-order valence-electron chi connectivity index (χ2n) is 5.97. The summed E-state index contributed by atoms with van der Waals surface area (Å²) < 4.78 is 9.91. The number of hydrogen-bond donors (Lipinski definition) is 0. The van der Waals surface area contributed by atoms with Crippen LogP contribution in [0.1, 0.15) is 21.5 Å². The number of imide groups is 1. The van der Waals surface area contributed by atoms with Gasteiger partial charge in [0.25, 0.3) is 11.1 Å². The third kappa shape index (κ3) is 4.58. The summed E-state index contributed by atoms with van der Waals surface area (Å²) in [7, 11) is 2.71. The van der Waals surface area contributed by atoms with Crippen molar-refractivity contribution in [3.63, 3.8) is 0 Å². The number of ether oxygens (including phenoxy) is 2. The second kappa shape index (κ2) is 8.90. The summed E-state index contributed by atoms with van der Waals surface area (Å²) in [5, 5.41) is 0.347. The zero-order chi connectivity index (χ0) is 21.1. The molecule has 0 unspecified atom stereocenters.